The Morgan fingerprint density at radius 3 is 2.56 bits per heavy atom. The molecule has 2 N–H and O–H groups in total. The van der Waals surface area contributed by atoms with Gasteiger partial charge in [-0.1, -0.05) is 6.42 Å². The minimum atomic E-state index is -0.452. The summed E-state index contributed by atoms with van der Waals surface area (Å²) in [7, 11) is 3.59. The van der Waals surface area contributed by atoms with E-state index in [2.05, 4.69) is 15.5 Å². The van der Waals surface area contributed by atoms with Crippen LogP contribution >= 0.6 is 0 Å². The fraction of sp³-hybridized carbons (Fsp3) is 0.556. The minimum Gasteiger partial charge on any atom is -0.444 e. The van der Waals surface area contributed by atoms with E-state index >= 15 is 0 Å². The molecule has 2 heterocycles. The van der Waals surface area contributed by atoms with Gasteiger partial charge in [-0.2, -0.15) is 0 Å². The molecule has 1 fully saturated rings. The van der Waals surface area contributed by atoms with Gasteiger partial charge < -0.3 is 20.0 Å². The predicted octanol–water partition coefficient (Wildman–Crippen LogP) is 1.45. The molecule has 0 atom stereocenters. The van der Waals surface area contributed by atoms with E-state index in [4.69, 9.17) is 4.42 Å². The molecule has 1 aromatic carbocycles. The Morgan fingerprint density at radius 1 is 1.12 bits per heavy atom. The molecule has 0 amide bonds. The van der Waals surface area contributed by atoms with Crippen LogP contribution in [-0.4, -0.2) is 45.2 Å². The topological polar surface area (TPSA) is 77.8 Å². The van der Waals surface area contributed by atoms with Crippen molar-refractivity contribution in [2.75, 3.05) is 55.8 Å². The van der Waals surface area contributed by atoms with Crippen LogP contribution in [0.25, 0.3) is 0 Å². The number of likely N-dealkylation sites (N-methyl/N-ethyl adjacent to an activating group) is 1. The maximum atomic E-state index is 11.5. The van der Waals surface area contributed by atoms with Crippen LogP contribution in [0.5, 0.6) is 0 Å². The third-order valence-corrected chi connectivity index (χ3v) is 4.76. The fourth-order valence-corrected chi connectivity index (χ4v) is 3.25. The van der Waals surface area contributed by atoms with Crippen molar-refractivity contribution in [3.63, 3.8) is 0 Å². The lowest BCUT2D eigenvalue weighted by atomic mass is 10.1. The molecule has 2 aromatic rings. The standard InChI is InChI=1S/C18H26N4O3/c1-19-15-16(18(24)17(15)23)20-8-11-21(2)14-7-6-13(25-14)12-22-9-4-3-5-10-22/h6-7,19-20H,3-5,8-12H2,1-2H3. The van der Waals surface area contributed by atoms with E-state index in [1.165, 1.54) is 19.3 Å². The Kier molecular flexibility index (Phi) is 5.43. The van der Waals surface area contributed by atoms with Crippen LogP contribution in [0, 0.1) is 0 Å². The first-order valence-corrected chi connectivity index (χ1v) is 8.87. The summed E-state index contributed by atoms with van der Waals surface area (Å²) < 4.78 is 5.94. The smallest absolute Gasteiger partial charge is 0.253 e. The third-order valence-electron chi connectivity index (χ3n) is 4.76. The SMILES string of the molecule is CNc1c(NCCN(C)c2ccc(CN3CCCCC3)o2)c(=O)c1=O. The number of likely N-dealkylation sites (tertiary alicyclic amines) is 1. The molecule has 1 aromatic heterocycles. The number of rotatable bonds is 8. The van der Waals surface area contributed by atoms with Gasteiger partial charge in [0.1, 0.15) is 17.1 Å². The minimum absolute atomic E-state index is 0.370. The highest BCUT2D eigenvalue weighted by molar-refractivity contribution is 5.73. The number of anilines is 3. The Bertz CT molecular complexity index is 770. The van der Waals surface area contributed by atoms with Crippen LogP contribution in [0.1, 0.15) is 25.0 Å². The van der Waals surface area contributed by atoms with Gasteiger partial charge in [0.25, 0.3) is 10.9 Å². The zero-order valence-corrected chi connectivity index (χ0v) is 14.9. The van der Waals surface area contributed by atoms with Crippen LogP contribution in [0.15, 0.2) is 26.1 Å². The number of piperidine rings is 1. The highest BCUT2D eigenvalue weighted by atomic mass is 16.4. The molecule has 3 rings (SSSR count). The molecular weight excluding hydrogens is 320 g/mol. The summed E-state index contributed by atoms with van der Waals surface area (Å²) in [4.78, 5) is 27.3. The Labute approximate surface area is 147 Å². The summed E-state index contributed by atoms with van der Waals surface area (Å²) in [5.74, 6) is 1.80. The Balaban J connectivity index is 1.48. The van der Waals surface area contributed by atoms with E-state index < -0.39 is 10.9 Å². The van der Waals surface area contributed by atoms with Crippen molar-refractivity contribution in [1.29, 1.82) is 0 Å². The number of nitrogens with zero attached hydrogens (tertiary/aromatic N) is 2. The van der Waals surface area contributed by atoms with E-state index in [-0.39, 0.29) is 0 Å². The van der Waals surface area contributed by atoms with Crippen molar-refractivity contribution < 1.29 is 4.42 Å². The van der Waals surface area contributed by atoms with Crippen LogP contribution in [-0.2, 0) is 6.54 Å². The van der Waals surface area contributed by atoms with Crippen LogP contribution in [0.2, 0.25) is 0 Å². The third kappa shape index (κ3) is 3.87. The second-order valence-corrected chi connectivity index (χ2v) is 6.58. The summed E-state index contributed by atoms with van der Waals surface area (Å²) in [6.45, 7) is 4.37. The first-order valence-electron chi connectivity index (χ1n) is 8.87. The zero-order chi connectivity index (χ0) is 17.8. The lowest BCUT2D eigenvalue weighted by molar-refractivity contribution is 0.205. The summed E-state index contributed by atoms with van der Waals surface area (Å²) in [6, 6.07) is 4.01. The molecule has 0 unspecified atom stereocenters. The molecule has 7 heteroatoms. The largest absolute Gasteiger partial charge is 0.444 e. The molecule has 7 nitrogen and oxygen atoms in total. The quantitative estimate of drug-likeness (QED) is 0.701. The average Bonchev–Trinajstić information content (AvgIpc) is 3.09. The van der Waals surface area contributed by atoms with Crippen molar-refractivity contribution in [2.45, 2.75) is 25.8 Å². The van der Waals surface area contributed by atoms with Crippen LogP contribution in [0.3, 0.4) is 0 Å². The van der Waals surface area contributed by atoms with Crippen molar-refractivity contribution in [2.24, 2.45) is 0 Å². The molecule has 136 valence electrons. The average molecular weight is 346 g/mol. The molecular formula is C18H26N4O3. The summed E-state index contributed by atoms with van der Waals surface area (Å²) >= 11 is 0. The van der Waals surface area contributed by atoms with Gasteiger partial charge in [-0.15, -0.1) is 0 Å². The van der Waals surface area contributed by atoms with Gasteiger partial charge in [0.2, 0.25) is 0 Å². The van der Waals surface area contributed by atoms with E-state index in [1.54, 1.807) is 7.05 Å². The van der Waals surface area contributed by atoms with Crippen molar-refractivity contribution >= 4 is 17.3 Å². The Morgan fingerprint density at radius 2 is 1.84 bits per heavy atom. The maximum absolute atomic E-state index is 11.5. The predicted molar refractivity (Wildman–Crippen MR) is 100 cm³/mol. The molecule has 0 aliphatic carbocycles. The van der Waals surface area contributed by atoms with E-state index in [0.717, 1.165) is 31.3 Å². The van der Waals surface area contributed by atoms with E-state index in [1.807, 2.05) is 24.1 Å². The first kappa shape index (κ1) is 17.5. The van der Waals surface area contributed by atoms with Gasteiger partial charge >= 0.3 is 0 Å². The summed E-state index contributed by atoms with van der Waals surface area (Å²) in [6.07, 6.45) is 3.87. The van der Waals surface area contributed by atoms with Gasteiger partial charge in [0.15, 0.2) is 5.88 Å². The van der Waals surface area contributed by atoms with Gasteiger partial charge in [0.05, 0.1) is 6.54 Å². The maximum Gasteiger partial charge on any atom is 0.253 e. The van der Waals surface area contributed by atoms with Crippen molar-refractivity contribution in [1.82, 2.24) is 4.90 Å². The van der Waals surface area contributed by atoms with Crippen molar-refractivity contribution in [3.05, 3.63) is 38.3 Å². The van der Waals surface area contributed by atoms with E-state index in [0.29, 0.717) is 24.5 Å². The summed E-state index contributed by atoms with van der Waals surface area (Å²) in [5.41, 5.74) is -0.152. The molecule has 1 aliphatic heterocycles. The van der Waals surface area contributed by atoms with Crippen molar-refractivity contribution in [3.8, 4) is 0 Å². The van der Waals surface area contributed by atoms with Gasteiger partial charge in [0, 0.05) is 33.3 Å². The molecule has 1 saturated heterocycles. The lowest BCUT2D eigenvalue weighted by Crippen LogP contribution is -2.38. The van der Waals surface area contributed by atoms with Crippen LogP contribution in [0.4, 0.5) is 17.3 Å². The molecule has 0 bridgehead atoms. The lowest BCUT2D eigenvalue weighted by Gasteiger charge is -2.25. The monoisotopic (exact) mass is 346 g/mol. The zero-order valence-electron chi connectivity index (χ0n) is 14.9. The number of hydrogen-bond acceptors (Lipinski definition) is 7. The second kappa shape index (κ2) is 7.74. The Hall–Kier alpha value is -2.28. The number of furan rings is 1. The molecule has 0 spiro atoms. The molecule has 25 heavy (non-hydrogen) atoms. The number of nitrogens with one attached hydrogen (secondary N) is 2. The van der Waals surface area contributed by atoms with E-state index in [9.17, 15) is 9.59 Å². The normalized spacial score (nSPS) is 15.4. The molecule has 0 saturated carbocycles. The van der Waals surface area contributed by atoms with Gasteiger partial charge in [-0.3, -0.25) is 14.5 Å². The van der Waals surface area contributed by atoms with Gasteiger partial charge in [-0.25, -0.2) is 0 Å². The molecule has 1 aliphatic rings. The fourth-order valence-electron chi connectivity index (χ4n) is 3.25. The second-order valence-electron chi connectivity index (χ2n) is 6.58. The number of hydrogen-bond donors (Lipinski definition) is 2. The molecule has 0 radical (unpaired) electrons. The summed E-state index contributed by atoms with van der Waals surface area (Å²) in [5, 5.41) is 5.78. The van der Waals surface area contributed by atoms with Crippen LogP contribution < -0.4 is 26.4 Å². The highest BCUT2D eigenvalue weighted by Crippen LogP contribution is 2.20. The first-order chi connectivity index (χ1) is 12.1. The highest BCUT2D eigenvalue weighted by Gasteiger charge is 2.19. The van der Waals surface area contributed by atoms with Gasteiger partial charge in [-0.05, 0) is 32.0 Å².